The highest BCUT2D eigenvalue weighted by molar-refractivity contribution is 5.92. The molecule has 2 amide bonds. The van der Waals surface area contributed by atoms with E-state index in [0.29, 0.717) is 24.0 Å². The van der Waals surface area contributed by atoms with Gasteiger partial charge in [0.15, 0.2) is 0 Å². The van der Waals surface area contributed by atoms with Crippen LogP contribution in [0.1, 0.15) is 72.8 Å². The van der Waals surface area contributed by atoms with E-state index in [0.717, 1.165) is 5.56 Å². The highest BCUT2D eigenvalue weighted by atomic mass is 16.7. The Labute approximate surface area is 224 Å². The molecule has 0 radical (unpaired) electrons. The van der Waals surface area contributed by atoms with Gasteiger partial charge in [-0.25, -0.2) is 14.4 Å². The molecule has 2 fully saturated rings. The average molecular weight is 529 g/mol. The molecule has 1 heterocycles. The summed E-state index contributed by atoms with van der Waals surface area (Å²) in [5.41, 5.74) is -0.308. The highest BCUT2D eigenvalue weighted by Crippen LogP contribution is 2.64. The lowest BCUT2D eigenvalue weighted by Crippen LogP contribution is -2.57. The van der Waals surface area contributed by atoms with Crippen LogP contribution in [0.15, 0.2) is 41.5 Å². The molecule has 9 heteroatoms. The second-order valence-corrected chi connectivity index (χ2v) is 12.4. The van der Waals surface area contributed by atoms with Crippen molar-refractivity contribution in [2.24, 2.45) is 10.8 Å². The average Bonchev–Trinajstić information content (AvgIpc) is 3.15. The maximum atomic E-state index is 13.2. The monoisotopic (exact) mass is 528 g/mol. The fraction of sp³-hybridized carbons (Fsp3) is 0.621. The molecule has 0 bridgehead atoms. The summed E-state index contributed by atoms with van der Waals surface area (Å²) >= 11 is 0. The van der Waals surface area contributed by atoms with Crippen molar-refractivity contribution in [1.82, 2.24) is 10.2 Å². The summed E-state index contributed by atoms with van der Waals surface area (Å²) < 4.78 is 16.7. The number of hydrogen-bond donors (Lipinski definition) is 2. The SMILES string of the molecule is CC1=C2C[C@H](N(C)C(=O)OC(C)(C)C)[C@@]3(C)CC[C@@H](NC(=O)OCc4ccccc4)[C@@]3(C)CC2(O)OC1=O. The molecular formula is C29H40N2O7. The molecular weight excluding hydrogens is 488 g/mol. The quantitative estimate of drug-likeness (QED) is 0.431. The van der Waals surface area contributed by atoms with E-state index in [2.05, 4.69) is 12.2 Å². The standard InChI is InChI=1S/C29H40N2O7/c1-18-20-15-22(31(7)25(34)38-26(2,3)4)27(5)14-13-21(28(27,6)17-29(20,35)37-23(18)32)30-24(33)36-16-19-11-9-8-10-12-19/h8-12,21-22,35H,13-17H2,1-7H3,(H,30,33)/t21-,22+,27-,28-,29?/m1/s1. The molecule has 2 saturated carbocycles. The van der Waals surface area contributed by atoms with Gasteiger partial charge in [0.2, 0.25) is 5.79 Å². The summed E-state index contributed by atoms with van der Waals surface area (Å²) in [7, 11) is 1.69. The molecule has 3 aliphatic rings. The molecule has 208 valence electrons. The predicted octanol–water partition coefficient (Wildman–Crippen LogP) is 4.68. The van der Waals surface area contributed by atoms with Gasteiger partial charge >= 0.3 is 18.2 Å². The first kappa shape index (κ1) is 28.0. The summed E-state index contributed by atoms with van der Waals surface area (Å²) in [6, 6.07) is 8.59. The molecule has 2 aliphatic carbocycles. The van der Waals surface area contributed by atoms with E-state index >= 15 is 0 Å². The summed E-state index contributed by atoms with van der Waals surface area (Å²) in [6.45, 7) is 11.3. The Morgan fingerprint density at radius 2 is 1.84 bits per heavy atom. The molecule has 0 saturated heterocycles. The number of esters is 1. The molecule has 1 aromatic rings. The van der Waals surface area contributed by atoms with E-state index in [9.17, 15) is 19.5 Å². The molecule has 0 spiro atoms. The van der Waals surface area contributed by atoms with Crippen LogP contribution in [0, 0.1) is 10.8 Å². The van der Waals surface area contributed by atoms with Crippen LogP contribution >= 0.6 is 0 Å². The third-order valence-corrected chi connectivity index (χ3v) is 8.91. The molecule has 5 atom stereocenters. The van der Waals surface area contributed by atoms with Gasteiger partial charge in [0.1, 0.15) is 12.2 Å². The van der Waals surface area contributed by atoms with Gasteiger partial charge in [0.25, 0.3) is 0 Å². The van der Waals surface area contributed by atoms with Gasteiger partial charge in [-0.3, -0.25) is 0 Å². The smallest absolute Gasteiger partial charge is 0.410 e. The number of alkyl carbamates (subject to hydrolysis) is 1. The molecule has 4 rings (SSSR count). The normalized spacial score (nSPS) is 32.6. The zero-order valence-corrected chi connectivity index (χ0v) is 23.4. The maximum absolute atomic E-state index is 13.2. The fourth-order valence-corrected chi connectivity index (χ4v) is 6.56. The number of benzene rings is 1. The number of carbonyl (C=O) groups is 3. The predicted molar refractivity (Wildman–Crippen MR) is 140 cm³/mol. The second-order valence-electron chi connectivity index (χ2n) is 12.4. The van der Waals surface area contributed by atoms with Crippen molar-refractivity contribution >= 4 is 18.2 Å². The summed E-state index contributed by atoms with van der Waals surface area (Å²) in [4.78, 5) is 40.3. The molecule has 1 aliphatic heterocycles. The van der Waals surface area contributed by atoms with Crippen LogP contribution < -0.4 is 5.32 Å². The van der Waals surface area contributed by atoms with Crippen molar-refractivity contribution in [1.29, 1.82) is 0 Å². The molecule has 1 aromatic carbocycles. The number of carbonyl (C=O) groups excluding carboxylic acids is 3. The lowest BCUT2D eigenvalue weighted by molar-refractivity contribution is -0.195. The van der Waals surface area contributed by atoms with Crippen LogP contribution in [0.2, 0.25) is 0 Å². The zero-order chi connectivity index (χ0) is 28.1. The van der Waals surface area contributed by atoms with Crippen LogP contribution in [-0.4, -0.2) is 58.7 Å². The second kappa shape index (κ2) is 9.59. The van der Waals surface area contributed by atoms with Crippen LogP contribution in [0.25, 0.3) is 0 Å². The van der Waals surface area contributed by atoms with Crippen LogP contribution in [-0.2, 0) is 25.6 Å². The number of amides is 2. The van der Waals surface area contributed by atoms with E-state index in [1.165, 1.54) is 0 Å². The zero-order valence-electron chi connectivity index (χ0n) is 23.4. The Bertz CT molecular complexity index is 1140. The first-order chi connectivity index (χ1) is 17.6. The van der Waals surface area contributed by atoms with Crippen molar-refractivity contribution < 1.29 is 33.7 Å². The van der Waals surface area contributed by atoms with Gasteiger partial charge in [-0.2, -0.15) is 0 Å². The van der Waals surface area contributed by atoms with Gasteiger partial charge in [0, 0.05) is 42.1 Å². The van der Waals surface area contributed by atoms with E-state index in [-0.39, 0.29) is 19.4 Å². The molecule has 0 aromatic heterocycles. The number of hydrogen-bond acceptors (Lipinski definition) is 7. The Kier molecular flexibility index (Phi) is 7.06. The lowest BCUT2D eigenvalue weighted by atomic mass is 9.60. The topological polar surface area (TPSA) is 114 Å². The van der Waals surface area contributed by atoms with Gasteiger partial charge in [0.05, 0.1) is 0 Å². The van der Waals surface area contributed by atoms with Gasteiger partial charge in [-0.05, 0) is 57.9 Å². The summed E-state index contributed by atoms with van der Waals surface area (Å²) in [5.74, 6) is -2.39. The Morgan fingerprint density at radius 1 is 1.18 bits per heavy atom. The van der Waals surface area contributed by atoms with Gasteiger partial charge in [-0.1, -0.05) is 44.2 Å². The Morgan fingerprint density at radius 3 is 2.47 bits per heavy atom. The molecule has 38 heavy (non-hydrogen) atoms. The van der Waals surface area contributed by atoms with Crippen molar-refractivity contribution in [3.63, 3.8) is 0 Å². The third-order valence-electron chi connectivity index (χ3n) is 8.91. The van der Waals surface area contributed by atoms with Crippen molar-refractivity contribution in [2.45, 2.75) is 97.3 Å². The van der Waals surface area contributed by atoms with E-state index < -0.39 is 52.5 Å². The number of nitrogens with one attached hydrogen (secondary N) is 1. The van der Waals surface area contributed by atoms with Gasteiger partial charge < -0.3 is 29.5 Å². The minimum Gasteiger partial charge on any atom is -0.445 e. The minimum absolute atomic E-state index is 0.0806. The van der Waals surface area contributed by atoms with Crippen LogP contribution in [0.4, 0.5) is 9.59 Å². The minimum atomic E-state index is -1.82. The highest BCUT2D eigenvalue weighted by Gasteiger charge is 2.67. The third kappa shape index (κ3) is 4.88. The molecule has 1 unspecified atom stereocenters. The first-order valence-corrected chi connectivity index (χ1v) is 13.2. The number of fused-ring (bicyclic) bond motifs is 2. The van der Waals surface area contributed by atoms with Crippen molar-refractivity contribution in [3.8, 4) is 0 Å². The number of ether oxygens (including phenoxy) is 3. The van der Waals surface area contributed by atoms with E-state index in [4.69, 9.17) is 14.2 Å². The van der Waals surface area contributed by atoms with E-state index in [1.54, 1.807) is 18.9 Å². The maximum Gasteiger partial charge on any atom is 0.410 e. The fourth-order valence-electron chi connectivity index (χ4n) is 6.56. The number of rotatable bonds is 4. The summed E-state index contributed by atoms with van der Waals surface area (Å²) in [5, 5.41) is 14.7. The van der Waals surface area contributed by atoms with Crippen LogP contribution in [0.3, 0.4) is 0 Å². The summed E-state index contributed by atoms with van der Waals surface area (Å²) in [6.07, 6.45) is 0.556. The van der Waals surface area contributed by atoms with Gasteiger partial charge in [-0.15, -0.1) is 0 Å². The molecule has 2 N–H and O–H groups in total. The Hall–Kier alpha value is -3.07. The number of nitrogens with zero attached hydrogens (tertiary/aromatic N) is 1. The lowest BCUT2D eigenvalue weighted by Gasteiger charge is -2.50. The number of aliphatic hydroxyl groups is 1. The van der Waals surface area contributed by atoms with Crippen LogP contribution in [0.5, 0.6) is 0 Å². The largest absolute Gasteiger partial charge is 0.445 e. The Balaban J connectivity index is 1.66. The first-order valence-electron chi connectivity index (χ1n) is 13.2. The van der Waals surface area contributed by atoms with E-state index in [1.807, 2.05) is 58.0 Å². The van der Waals surface area contributed by atoms with Crippen molar-refractivity contribution in [3.05, 3.63) is 47.0 Å². The molecule has 9 nitrogen and oxygen atoms in total. The van der Waals surface area contributed by atoms with Crippen molar-refractivity contribution in [2.75, 3.05) is 7.05 Å².